The third kappa shape index (κ3) is 4.56. The van der Waals surface area contributed by atoms with Crippen molar-refractivity contribution >= 4 is 17.5 Å². The van der Waals surface area contributed by atoms with Crippen LogP contribution in [-0.2, 0) is 10.2 Å². The van der Waals surface area contributed by atoms with Crippen molar-refractivity contribution in [2.24, 2.45) is 11.8 Å². The number of nitrogens with one attached hydrogen (secondary N) is 3. The van der Waals surface area contributed by atoms with E-state index in [1.165, 1.54) is 0 Å². The number of carbonyl (C=O) groups is 1. The number of nitrogens with zero attached hydrogens (tertiary/aromatic N) is 2. The Morgan fingerprint density at radius 1 is 1.29 bits per heavy atom. The SMILES string of the molecule is CC(C)(C)c1nc(NN)cc(NCCNC(=O)C2CC2)n1. The lowest BCUT2D eigenvalue weighted by Crippen LogP contribution is -2.30. The van der Waals surface area contributed by atoms with Gasteiger partial charge in [-0.05, 0) is 12.8 Å². The second kappa shape index (κ2) is 6.26. The third-order valence-corrected chi connectivity index (χ3v) is 3.22. The van der Waals surface area contributed by atoms with E-state index in [0.29, 0.717) is 30.5 Å². The predicted molar refractivity (Wildman–Crippen MR) is 82.8 cm³/mol. The average Bonchev–Trinajstić information content (AvgIpc) is 3.26. The molecule has 1 fully saturated rings. The van der Waals surface area contributed by atoms with E-state index < -0.39 is 0 Å². The Balaban J connectivity index is 1.90. The van der Waals surface area contributed by atoms with Gasteiger partial charge in [0.1, 0.15) is 17.5 Å². The summed E-state index contributed by atoms with van der Waals surface area (Å²) >= 11 is 0. The number of rotatable bonds is 6. The number of aromatic nitrogens is 2. The van der Waals surface area contributed by atoms with Crippen molar-refractivity contribution in [2.75, 3.05) is 23.8 Å². The summed E-state index contributed by atoms with van der Waals surface area (Å²) < 4.78 is 0. The quantitative estimate of drug-likeness (QED) is 0.354. The van der Waals surface area contributed by atoms with Crippen molar-refractivity contribution < 1.29 is 4.79 Å². The van der Waals surface area contributed by atoms with E-state index in [1.54, 1.807) is 6.07 Å². The number of anilines is 2. The summed E-state index contributed by atoms with van der Waals surface area (Å²) in [5.74, 6) is 7.81. The number of hydrogen-bond acceptors (Lipinski definition) is 6. The van der Waals surface area contributed by atoms with Crippen LogP contribution in [0.25, 0.3) is 0 Å². The monoisotopic (exact) mass is 292 g/mol. The fourth-order valence-corrected chi connectivity index (χ4v) is 1.81. The van der Waals surface area contributed by atoms with Crippen molar-refractivity contribution in [1.29, 1.82) is 0 Å². The molecule has 7 nitrogen and oxygen atoms in total. The second-order valence-corrected chi connectivity index (χ2v) is 6.35. The van der Waals surface area contributed by atoms with Crippen molar-refractivity contribution in [3.05, 3.63) is 11.9 Å². The molecule has 0 bridgehead atoms. The first-order valence-corrected chi connectivity index (χ1v) is 7.28. The molecule has 1 aliphatic carbocycles. The number of amides is 1. The Kier molecular flexibility index (Phi) is 4.62. The molecule has 1 heterocycles. The maximum Gasteiger partial charge on any atom is 0.223 e. The first kappa shape index (κ1) is 15.5. The molecule has 1 aromatic heterocycles. The summed E-state index contributed by atoms with van der Waals surface area (Å²) in [5, 5.41) is 6.09. The van der Waals surface area contributed by atoms with Gasteiger partial charge in [0.25, 0.3) is 0 Å². The molecular formula is C14H24N6O. The molecular weight excluding hydrogens is 268 g/mol. The molecule has 0 radical (unpaired) electrons. The molecule has 7 heteroatoms. The van der Waals surface area contributed by atoms with Gasteiger partial charge in [0.2, 0.25) is 5.91 Å². The van der Waals surface area contributed by atoms with Crippen molar-refractivity contribution in [1.82, 2.24) is 15.3 Å². The highest BCUT2D eigenvalue weighted by atomic mass is 16.2. The fourth-order valence-electron chi connectivity index (χ4n) is 1.81. The predicted octanol–water partition coefficient (Wildman–Crippen LogP) is 0.998. The van der Waals surface area contributed by atoms with Crippen LogP contribution in [0.15, 0.2) is 6.07 Å². The highest BCUT2D eigenvalue weighted by Crippen LogP contribution is 2.28. The molecule has 2 rings (SSSR count). The molecule has 1 aliphatic rings. The topological polar surface area (TPSA) is 105 Å². The zero-order valence-electron chi connectivity index (χ0n) is 12.9. The van der Waals surface area contributed by atoms with E-state index >= 15 is 0 Å². The Bertz CT molecular complexity index is 507. The molecule has 1 saturated carbocycles. The van der Waals surface area contributed by atoms with Crippen LogP contribution < -0.4 is 21.9 Å². The lowest BCUT2D eigenvalue weighted by atomic mass is 9.96. The zero-order chi connectivity index (χ0) is 15.5. The maximum atomic E-state index is 11.5. The molecule has 1 amide bonds. The maximum absolute atomic E-state index is 11.5. The van der Waals surface area contributed by atoms with Crippen molar-refractivity contribution in [2.45, 2.75) is 39.0 Å². The third-order valence-electron chi connectivity index (χ3n) is 3.22. The summed E-state index contributed by atoms with van der Waals surface area (Å²) in [5.41, 5.74) is 2.39. The first-order valence-electron chi connectivity index (χ1n) is 7.28. The number of carbonyl (C=O) groups excluding carboxylic acids is 1. The Morgan fingerprint density at radius 3 is 2.52 bits per heavy atom. The number of nitrogen functional groups attached to an aromatic ring is 1. The van der Waals surface area contributed by atoms with E-state index in [1.807, 2.05) is 20.8 Å². The van der Waals surface area contributed by atoms with Gasteiger partial charge < -0.3 is 16.1 Å². The van der Waals surface area contributed by atoms with Gasteiger partial charge >= 0.3 is 0 Å². The van der Waals surface area contributed by atoms with Gasteiger partial charge in [-0.15, -0.1) is 0 Å². The van der Waals surface area contributed by atoms with Gasteiger partial charge in [-0.25, -0.2) is 15.8 Å². The van der Waals surface area contributed by atoms with Crippen LogP contribution in [0.4, 0.5) is 11.6 Å². The van der Waals surface area contributed by atoms with Crippen LogP contribution in [0.2, 0.25) is 0 Å². The first-order chi connectivity index (χ1) is 9.90. The van der Waals surface area contributed by atoms with Crippen molar-refractivity contribution in [3.8, 4) is 0 Å². The Labute approximate surface area is 125 Å². The highest BCUT2D eigenvalue weighted by molar-refractivity contribution is 5.80. The molecule has 0 aliphatic heterocycles. The largest absolute Gasteiger partial charge is 0.368 e. The normalized spacial score (nSPS) is 14.7. The smallest absolute Gasteiger partial charge is 0.223 e. The lowest BCUT2D eigenvalue weighted by Gasteiger charge is -2.18. The van der Waals surface area contributed by atoms with Crippen molar-refractivity contribution in [3.63, 3.8) is 0 Å². The zero-order valence-corrected chi connectivity index (χ0v) is 12.9. The second-order valence-electron chi connectivity index (χ2n) is 6.35. The molecule has 0 saturated heterocycles. The van der Waals surface area contributed by atoms with Crippen LogP contribution in [-0.4, -0.2) is 29.0 Å². The number of nitrogens with two attached hydrogens (primary N) is 1. The highest BCUT2D eigenvalue weighted by Gasteiger charge is 2.29. The minimum absolute atomic E-state index is 0.152. The summed E-state index contributed by atoms with van der Waals surface area (Å²) in [7, 11) is 0. The van der Waals surface area contributed by atoms with E-state index in [9.17, 15) is 4.79 Å². The van der Waals surface area contributed by atoms with Gasteiger partial charge in [0.15, 0.2) is 0 Å². The van der Waals surface area contributed by atoms with Gasteiger partial charge in [0.05, 0.1) is 0 Å². The van der Waals surface area contributed by atoms with Crippen LogP contribution in [0, 0.1) is 5.92 Å². The van der Waals surface area contributed by atoms with Crippen LogP contribution >= 0.6 is 0 Å². The molecule has 0 spiro atoms. The van der Waals surface area contributed by atoms with E-state index in [0.717, 1.165) is 12.8 Å². The van der Waals surface area contributed by atoms with E-state index in [4.69, 9.17) is 5.84 Å². The minimum atomic E-state index is -0.163. The van der Waals surface area contributed by atoms with Crippen LogP contribution in [0.3, 0.4) is 0 Å². The number of hydrogen-bond donors (Lipinski definition) is 4. The summed E-state index contributed by atoms with van der Waals surface area (Å²) in [6.07, 6.45) is 2.04. The van der Waals surface area contributed by atoms with Gasteiger partial charge in [-0.2, -0.15) is 0 Å². The molecule has 0 aromatic carbocycles. The summed E-state index contributed by atoms with van der Waals surface area (Å²) in [4.78, 5) is 20.4. The van der Waals surface area contributed by atoms with Gasteiger partial charge in [-0.3, -0.25) is 4.79 Å². The molecule has 116 valence electrons. The van der Waals surface area contributed by atoms with Crippen LogP contribution in [0.5, 0.6) is 0 Å². The van der Waals surface area contributed by atoms with Gasteiger partial charge in [0, 0.05) is 30.5 Å². The molecule has 0 atom stereocenters. The lowest BCUT2D eigenvalue weighted by molar-refractivity contribution is -0.122. The molecule has 1 aromatic rings. The number of hydrazine groups is 1. The summed E-state index contributed by atoms with van der Waals surface area (Å²) in [6, 6.07) is 1.75. The van der Waals surface area contributed by atoms with E-state index in [-0.39, 0.29) is 17.2 Å². The Morgan fingerprint density at radius 2 is 1.95 bits per heavy atom. The van der Waals surface area contributed by atoms with Gasteiger partial charge in [-0.1, -0.05) is 20.8 Å². The van der Waals surface area contributed by atoms with Crippen LogP contribution in [0.1, 0.15) is 39.4 Å². The van der Waals surface area contributed by atoms with E-state index in [2.05, 4.69) is 26.0 Å². The minimum Gasteiger partial charge on any atom is -0.368 e. The molecule has 5 N–H and O–H groups in total. The average molecular weight is 292 g/mol. The standard InChI is InChI=1S/C14H24N6O/c1-14(2,3)13-18-10(8-11(19-13)20-15)16-6-7-17-12(21)9-4-5-9/h8-9H,4-7,15H2,1-3H3,(H,17,21)(H2,16,18,19,20). The molecule has 21 heavy (non-hydrogen) atoms. The molecule has 0 unspecified atom stereocenters. The summed E-state index contributed by atoms with van der Waals surface area (Å²) in [6.45, 7) is 7.32. The Hall–Kier alpha value is -1.89. The fraction of sp³-hybridized carbons (Fsp3) is 0.643.